The maximum absolute atomic E-state index is 4.76. The van der Waals surface area contributed by atoms with Crippen molar-refractivity contribution in [1.82, 2.24) is 4.90 Å². The van der Waals surface area contributed by atoms with Crippen LogP contribution in [0.3, 0.4) is 0 Å². The number of amidine groups is 3. The quantitative estimate of drug-likeness (QED) is 0.580. The summed E-state index contributed by atoms with van der Waals surface area (Å²) in [5, 5.41) is 0. The molecule has 164 valence electrons. The minimum atomic E-state index is 0.455. The molecule has 6 rings (SSSR count). The van der Waals surface area contributed by atoms with Crippen LogP contribution in [-0.4, -0.2) is 40.3 Å². The molecule has 0 aliphatic carbocycles. The van der Waals surface area contributed by atoms with Crippen molar-refractivity contribution in [2.75, 3.05) is 0 Å². The second-order valence-corrected chi connectivity index (χ2v) is 8.48. The summed E-state index contributed by atoms with van der Waals surface area (Å²) in [6.45, 7) is 6.16. The average molecular weight is 444 g/mol. The Labute approximate surface area is 197 Å². The van der Waals surface area contributed by atoms with Crippen LogP contribution >= 0.6 is 0 Å². The van der Waals surface area contributed by atoms with Crippen molar-refractivity contribution in [2.24, 2.45) is 30.0 Å². The molecule has 0 bridgehead atoms. The summed E-state index contributed by atoms with van der Waals surface area (Å²) in [6, 6.07) is 24.3. The zero-order chi connectivity index (χ0) is 23.2. The van der Waals surface area contributed by atoms with E-state index in [0.29, 0.717) is 35.4 Å². The van der Waals surface area contributed by atoms with Crippen LogP contribution in [-0.2, 0) is 0 Å². The van der Waals surface area contributed by atoms with Gasteiger partial charge in [0, 0.05) is 16.7 Å². The van der Waals surface area contributed by atoms with Crippen LogP contribution < -0.4 is 0 Å². The molecular weight excluding hydrogens is 422 g/mol. The highest BCUT2D eigenvalue weighted by atomic mass is 15.5. The lowest BCUT2D eigenvalue weighted by Crippen LogP contribution is -2.48. The predicted octanol–water partition coefficient (Wildman–Crippen LogP) is 4.66. The molecule has 0 N–H and O–H groups in total. The molecule has 3 aromatic rings. The molecule has 0 amide bonds. The topological polar surface area (TPSA) is 77.4 Å². The minimum Gasteiger partial charge on any atom is -0.213 e. The Kier molecular flexibility index (Phi) is 4.62. The van der Waals surface area contributed by atoms with Gasteiger partial charge in [-0.3, -0.25) is 0 Å². The first kappa shape index (κ1) is 20.1. The van der Waals surface area contributed by atoms with E-state index in [2.05, 4.69) is 20.8 Å². The van der Waals surface area contributed by atoms with Gasteiger partial charge in [-0.25, -0.2) is 4.90 Å². The van der Waals surface area contributed by atoms with Crippen LogP contribution in [0.25, 0.3) is 0 Å². The van der Waals surface area contributed by atoms with E-state index in [-0.39, 0.29) is 0 Å². The summed E-state index contributed by atoms with van der Waals surface area (Å²) in [7, 11) is 0. The molecule has 0 saturated heterocycles. The number of aryl methyl sites for hydroxylation is 3. The fourth-order valence-electron chi connectivity index (χ4n) is 3.78. The summed E-state index contributed by atoms with van der Waals surface area (Å²) in [4.78, 5) is 30.3. The average Bonchev–Trinajstić information content (AvgIpc) is 2.85. The summed E-state index contributed by atoms with van der Waals surface area (Å²) in [6.07, 6.45) is 0. The van der Waals surface area contributed by atoms with E-state index in [1.807, 2.05) is 72.8 Å². The van der Waals surface area contributed by atoms with E-state index in [1.165, 1.54) is 16.7 Å². The Morgan fingerprint density at radius 3 is 0.912 bits per heavy atom. The van der Waals surface area contributed by atoms with Gasteiger partial charge in [0.05, 0.1) is 0 Å². The fraction of sp³-hybridized carbons (Fsp3) is 0.111. The third-order valence-corrected chi connectivity index (χ3v) is 5.76. The Hall–Kier alpha value is -4.52. The number of aliphatic imine (C=N–C) groups is 6. The van der Waals surface area contributed by atoms with E-state index >= 15 is 0 Å². The van der Waals surface area contributed by atoms with Gasteiger partial charge in [0.1, 0.15) is 0 Å². The molecule has 0 radical (unpaired) electrons. The third-order valence-electron chi connectivity index (χ3n) is 5.76. The van der Waals surface area contributed by atoms with Crippen molar-refractivity contribution >= 4 is 35.4 Å². The standard InChI is InChI=1S/C27H21N7/c1-16-4-10-19(11-5-16)22-28-25-30-23(20-12-6-17(2)7-13-20)32-27-33-24(31-26(29-22)34(25)27)21-14-8-18(3)9-15-21/h4-15H,1-3H3. The highest BCUT2D eigenvalue weighted by molar-refractivity contribution is 6.34. The van der Waals surface area contributed by atoms with E-state index in [0.717, 1.165) is 16.7 Å². The van der Waals surface area contributed by atoms with Crippen LogP contribution in [0.1, 0.15) is 33.4 Å². The van der Waals surface area contributed by atoms with E-state index < -0.39 is 0 Å². The second-order valence-electron chi connectivity index (χ2n) is 8.48. The Balaban J connectivity index is 1.53. The number of hydrogen-bond acceptors (Lipinski definition) is 7. The number of guanidine groups is 3. The highest BCUT2D eigenvalue weighted by Gasteiger charge is 2.35. The lowest BCUT2D eigenvalue weighted by atomic mass is 10.1. The molecule has 34 heavy (non-hydrogen) atoms. The number of rotatable bonds is 3. The van der Waals surface area contributed by atoms with Gasteiger partial charge in [-0.1, -0.05) is 89.5 Å². The van der Waals surface area contributed by atoms with E-state index in [4.69, 9.17) is 30.0 Å². The largest absolute Gasteiger partial charge is 0.243 e. The van der Waals surface area contributed by atoms with Crippen molar-refractivity contribution in [2.45, 2.75) is 20.8 Å². The van der Waals surface area contributed by atoms with Gasteiger partial charge in [0.15, 0.2) is 17.5 Å². The maximum atomic E-state index is 4.76. The SMILES string of the molecule is Cc1ccc(C2=NC3=NC(c4ccc(C)cc4)=NC4=NC(c5ccc(C)cc5)=NC(=N2)N34)cc1. The lowest BCUT2D eigenvalue weighted by Gasteiger charge is -2.30. The first-order valence-electron chi connectivity index (χ1n) is 11.1. The first-order valence-corrected chi connectivity index (χ1v) is 11.1. The molecule has 0 spiro atoms. The molecule has 0 atom stereocenters. The Bertz CT molecular complexity index is 1300. The highest BCUT2D eigenvalue weighted by Crippen LogP contribution is 2.23. The van der Waals surface area contributed by atoms with Gasteiger partial charge in [0.2, 0.25) is 17.9 Å². The normalized spacial score (nSPS) is 16.5. The maximum Gasteiger partial charge on any atom is 0.243 e. The minimum absolute atomic E-state index is 0.455. The van der Waals surface area contributed by atoms with Gasteiger partial charge in [-0.2, -0.15) is 30.0 Å². The summed E-state index contributed by atoms with van der Waals surface area (Å²) < 4.78 is 0. The van der Waals surface area contributed by atoms with Gasteiger partial charge in [-0.15, -0.1) is 0 Å². The molecule has 0 unspecified atom stereocenters. The lowest BCUT2D eigenvalue weighted by molar-refractivity contribution is 0.828. The second kappa shape index (κ2) is 7.81. The molecule has 7 nitrogen and oxygen atoms in total. The molecule has 3 aromatic carbocycles. The molecule has 7 heteroatoms. The molecule has 3 aliphatic rings. The Morgan fingerprint density at radius 1 is 0.382 bits per heavy atom. The molecular formula is C27H21N7. The molecule has 3 aliphatic heterocycles. The zero-order valence-corrected chi connectivity index (χ0v) is 19.1. The van der Waals surface area contributed by atoms with E-state index in [1.54, 1.807) is 4.90 Å². The van der Waals surface area contributed by atoms with Gasteiger partial charge in [-0.05, 0) is 20.8 Å². The zero-order valence-electron chi connectivity index (χ0n) is 19.1. The molecule has 0 fully saturated rings. The van der Waals surface area contributed by atoms with Crippen LogP contribution in [0.2, 0.25) is 0 Å². The fourth-order valence-corrected chi connectivity index (χ4v) is 3.78. The summed E-state index contributed by atoms with van der Waals surface area (Å²) in [5.41, 5.74) is 6.21. The van der Waals surface area contributed by atoms with Crippen molar-refractivity contribution < 1.29 is 0 Å². The Morgan fingerprint density at radius 2 is 0.647 bits per heavy atom. The van der Waals surface area contributed by atoms with Crippen LogP contribution in [0, 0.1) is 20.8 Å². The molecule has 0 aromatic heterocycles. The number of hydrogen-bond donors (Lipinski definition) is 0. The summed E-state index contributed by atoms with van der Waals surface area (Å²) >= 11 is 0. The van der Waals surface area contributed by atoms with Crippen molar-refractivity contribution in [3.05, 3.63) is 106 Å². The van der Waals surface area contributed by atoms with Crippen LogP contribution in [0.4, 0.5) is 0 Å². The van der Waals surface area contributed by atoms with Crippen LogP contribution in [0.15, 0.2) is 103 Å². The van der Waals surface area contributed by atoms with Gasteiger partial charge in [0.25, 0.3) is 0 Å². The third kappa shape index (κ3) is 3.57. The predicted molar refractivity (Wildman–Crippen MR) is 137 cm³/mol. The van der Waals surface area contributed by atoms with Crippen molar-refractivity contribution in [3.63, 3.8) is 0 Å². The molecule has 3 heterocycles. The van der Waals surface area contributed by atoms with E-state index in [9.17, 15) is 0 Å². The van der Waals surface area contributed by atoms with Gasteiger partial charge >= 0.3 is 0 Å². The van der Waals surface area contributed by atoms with Gasteiger partial charge < -0.3 is 0 Å². The molecule has 0 saturated carbocycles. The summed E-state index contributed by atoms with van der Waals surface area (Å²) in [5.74, 6) is 3.04. The number of nitrogens with zero attached hydrogens (tertiary/aromatic N) is 7. The first-order chi connectivity index (χ1) is 16.5. The monoisotopic (exact) mass is 443 g/mol. The van der Waals surface area contributed by atoms with Crippen molar-refractivity contribution in [1.29, 1.82) is 0 Å². The smallest absolute Gasteiger partial charge is 0.213 e. The van der Waals surface area contributed by atoms with Crippen molar-refractivity contribution in [3.8, 4) is 0 Å². The number of benzene rings is 3. The van der Waals surface area contributed by atoms with Crippen LogP contribution in [0.5, 0.6) is 0 Å².